The predicted molar refractivity (Wildman–Crippen MR) is 80.0 cm³/mol. The fourth-order valence-corrected chi connectivity index (χ4v) is 3.34. The number of rotatable bonds is 6. The van der Waals surface area contributed by atoms with Crippen LogP contribution in [-0.2, 0) is 14.8 Å². The van der Waals surface area contributed by atoms with Crippen molar-refractivity contribution in [2.45, 2.75) is 17.9 Å². The Kier molecular flexibility index (Phi) is 5.58. The molecule has 1 aromatic rings. The van der Waals surface area contributed by atoms with Crippen molar-refractivity contribution < 1.29 is 17.9 Å². The number of hydrogen-bond donors (Lipinski definition) is 1. The maximum Gasteiger partial charge on any atom is 0.240 e. The van der Waals surface area contributed by atoms with Crippen molar-refractivity contribution in [3.8, 4) is 5.75 Å². The molecule has 0 radical (unpaired) electrons. The Bertz CT molecular complexity index is 539. The van der Waals surface area contributed by atoms with Gasteiger partial charge < -0.3 is 9.47 Å². The first-order valence-electron chi connectivity index (χ1n) is 6.98. The lowest BCUT2D eigenvalue weighted by molar-refractivity contribution is 0.0213. The lowest BCUT2D eigenvalue weighted by Crippen LogP contribution is -2.47. The van der Waals surface area contributed by atoms with Gasteiger partial charge in [0.1, 0.15) is 5.75 Å². The van der Waals surface area contributed by atoms with E-state index in [1.54, 1.807) is 31.4 Å². The Morgan fingerprint density at radius 1 is 1.29 bits per heavy atom. The second-order valence-electron chi connectivity index (χ2n) is 5.02. The van der Waals surface area contributed by atoms with E-state index in [1.807, 2.05) is 6.92 Å². The summed E-state index contributed by atoms with van der Waals surface area (Å²) < 4.78 is 37.4. The van der Waals surface area contributed by atoms with Gasteiger partial charge >= 0.3 is 0 Å². The van der Waals surface area contributed by atoms with Crippen molar-refractivity contribution in [2.75, 3.05) is 40.0 Å². The molecular weight excluding hydrogens is 292 g/mol. The third-order valence-electron chi connectivity index (χ3n) is 3.61. The van der Waals surface area contributed by atoms with Crippen LogP contribution in [0.4, 0.5) is 0 Å². The van der Waals surface area contributed by atoms with Crippen molar-refractivity contribution in [3.05, 3.63) is 24.3 Å². The van der Waals surface area contributed by atoms with Crippen LogP contribution >= 0.6 is 0 Å². The molecule has 1 saturated heterocycles. The molecule has 6 nitrogen and oxygen atoms in total. The number of hydrogen-bond acceptors (Lipinski definition) is 5. The SMILES string of the molecule is COc1ccc(S(=O)(=O)NCC(C)N2CCOCC2)cc1. The zero-order chi connectivity index (χ0) is 15.3. The minimum atomic E-state index is -3.48. The van der Waals surface area contributed by atoms with Crippen LogP contribution in [0.25, 0.3) is 0 Å². The zero-order valence-corrected chi connectivity index (χ0v) is 13.2. The molecule has 0 aliphatic carbocycles. The van der Waals surface area contributed by atoms with Gasteiger partial charge in [-0.05, 0) is 31.2 Å². The Morgan fingerprint density at radius 3 is 2.48 bits per heavy atom. The van der Waals surface area contributed by atoms with E-state index in [1.165, 1.54) is 0 Å². The van der Waals surface area contributed by atoms with Gasteiger partial charge in [0.15, 0.2) is 0 Å². The molecular formula is C14H22N2O4S. The van der Waals surface area contributed by atoms with E-state index < -0.39 is 10.0 Å². The monoisotopic (exact) mass is 314 g/mol. The van der Waals surface area contributed by atoms with Gasteiger partial charge in [0, 0.05) is 25.7 Å². The highest BCUT2D eigenvalue weighted by Crippen LogP contribution is 2.15. The second-order valence-corrected chi connectivity index (χ2v) is 6.79. The van der Waals surface area contributed by atoms with E-state index in [0.717, 1.165) is 13.1 Å². The number of benzene rings is 1. The Hall–Kier alpha value is -1.15. The van der Waals surface area contributed by atoms with Crippen LogP contribution in [0.15, 0.2) is 29.2 Å². The molecule has 1 aliphatic rings. The summed E-state index contributed by atoms with van der Waals surface area (Å²) in [6.45, 7) is 5.48. The lowest BCUT2D eigenvalue weighted by atomic mass is 10.2. The van der Waals surface area contributed by atoms with Crippen LogP contribution < -0.4 is 9.46 Å². The molecule has 0 amide bonds. The third-order valence-corrected chi connectivity index (χ3v) is 5.05. The van der Waals surface area contributed by atoms with Crippen LogP contribution in [0.1, 0.15) is 6.92 Å². The van der Waals surface area contributed by atoms with Crippen molar-refractivity contribution in [3.63, 3.8) is 0 Å². The van der Waals surface area contributed by atoms with Gasteiger partial charge in [-0.1, -0.05) is 0 Å². The molecule has 0 aromatic heterocycles. The fraction of sp³-hybridized carbons (Fsp3) is 0.571. The van der Waals surface area contributed by atoms with Crippen LogP contribution in [0.2, 0.25) is 0 Å². The molecule has 0 saturated carbocycles. The molecule has 7 heteroatoms. The van der Waals surface area contributed by atoms with E-state index >= 15 is 0 Å². The van der Waals surface area contributed by atoms with Crippen molar-refractivity contribution in [1.29, 1.82) is 0 Å². The Labute approximate surface area is 126 Å². The summed E-state index contributed by atoms with van der Waals surface area (Å²) >= 11 is 0. The second kappa shape index (κ2) is 7.22. The summed E-state index contributed by atoms with van der Waals surface area (Å²) in [6.07, 6.45) is 0. The van der Waals surface area contributed by atoms with Crippen molar-refractivity contribution in [2.24, 2.45) is 0 Å². The molecule has 1 N–H and O–H groups in total. The third kappa shape index (κ3) is 4.41. The van der Waals surface area contributed by atoms with E-state index in [9.17, 15) is 8.42 Å². The largest absolute Gasteiger partial charge is 0.497 e. The number of sulfonamides is 1. The maximum absolute atomic E-state index is 12.2. The number of methoxy groups -OCH3 is 1. The summed E-state index contributed by atoms with van der Waals surface area (Å²) in [5, 5.41) is 0. The van der Waals surface area contributed by atoms with Crippen LogP contribution in [-0.4, -0.2) is 59.3 Å². The summed E-state index contributed by atoms with van der Waals surface area (Å²) in [4.78, 5) is 2.47. The average molecular weight is 314 g/mol. The summed E-state index contributed by atoms with van der Waals surface area (Å²) in [5.41, 5.74) is 0. The molecule has 118 valence electrons. The van der Waals surface area contributed by atoms with Gasteiger partial charge in [-0.25, -0.2) is 13.1 Å². The van der Waals surface area contributed by atoms with E-state index in [-0.39, 0.29) is 10.9 Å². The normalized spacial score (nSPS) is 18.4. The Balaban J connectivity index is 1.93. The minimum Gasteiger partial charge on any atom is -0.497 e. The van der Waals surface area contributed by atoms with Gasteiger partial charge in [-0.3, -0.25) is 4.90 Å². The molecule has 1 aliphatic heterocycles. The highest BCUT2D eigenvalue weighted by atomic mass is 32.2. The number of morpholine rings is 1. The number of ether oxygens (including phenoxy) is 2. The predicted octanol–water partition coefficient (Wildman–Crippen LogP) is 0.694. The lowest BCUT2D eigenvalue weighted by Gasteiger charge is -2.32. The van der Waals surface area contributed by atoms with E-state index in [4.69, 9.17) is 9.47 Å². The molecule has 1 unspecified atom stereocenters. The molecule has 1 aromatic carbocycles. The highest BCUT2D eigenvalue weighted by Gasteiger charge is 2.20. The van der Waals surface area contributed by atoms with Gasteiger partial charge in [0.2, 0.25) is 10.0 Å². The Morgan fingerprint density at radius 2 is 1.90 bits per heavy atom. The molecule has 1 fully saturated rings. The fourth-order valence-electron chi connectivity index (χ4n) is 2.22. The quantitative estimate of drug-likeness (QED) is 0.837. The molecule has 21 heavy (non-hydrogen) atoms. The van der Waals surface area contributed by atoms with Crippen molar-refractivity contribution in [1.82, 2.24) is 9.62 Å². The van der Waals surface area contributed by atoms with Crippen molar-refractivity contribution >= 4 is 10.0 Å². The first-order chi connectivity index (χ1) is 10.0. The number of nitrogens with one attached hydrogen (secondary N) is 1. The maximum atomic E-state index is 12.2. The van der Waals surface area contributed by atoms with Crippen LogP contribution in [0.5, 0.6) is 5.75 Å². The molecule has 1 heterocycles. The molecule has 0 bridgehead atoms. The molecule has 1 atom stereocenters. The van der Waals surface area contributed by atoms with Gasteiger partial charge in [-0.2, -0.15) is 0 Å². The van der Waals surface area contributed by atoms with Gasteiger partial charge in [0.05, 0.1) is 25.2 Å². The molecule has 2 rings (SSSR count). The first-order valence-corrected chi connectivity index (χ1v) is 8.47. The highest BCUT2D eigenvalue weighted by molar-refractivity contribution is 7.89. The molecule has 0 spiro atoms. The van der Waals surface area contributed by atoms with Gasteiger partial charge in [-0.15, -0.1) is 0 Å². The van der Waals surface area contributed by atoms with Crippen LogP contribution in [0.3, 0.4) is 0 Å². The standard InChI is InChI=1S/C14H22N2O4S/c1-12(16-7-9-20-10-8-16)11-15-21(17,18)14-5-3-13(19-2)4-6-14/h3-6,12,15H,7-11H2,1-2H3. The summed E-state index contributed by atoms with van der Waals surface area (Å²) in [6, 6.07) is 6.50. The average Bonchev–Trinajstić information content (AvgIpc) is 2.53. The van der Waals surface area contributed by atoms with E-state index in [0.29, 0.717) is 25.5 Å². The smallest absolute Gasteiger partial charge is 0.240 e. The minimum absolute atomic E-state index is 0.141. The topological polar surface area (TPSA) is 67.9 Å². The summed E-state index contributed by atoms with van der Waals surface area (Å²) in [5.74, 6) is 0.635. The van der Waals surface area contributed by atoms with Crippen LogP contribution in [0, 0.1) is 0 Å². The summed E-state index contributed by atoms with van der Waals surface area (Å²) in [7, 11) is -1.94. The van der Waals surface area contributed by atoms with E-state index in [2.05, 4.69) is 9.62 Å². The first kappa shape index (κ1) is 16.2. The number of nitrogens with zero attached hydrogens (tertiary/aromatic N) is 1. The zero-order valence-electron chi connectivity index (χ0n) is 12.4. The van der Waals surface area contributed by atoms with Gasteiger partial charge in [0.25, 0.3) is 0 Å².